The van der Waals surface area contributed by atoms with Crippen LogP contribution in [0.15, 0.2) is 22.7 Å². The Balaban J connectivity index is 1.73. The Morgan fingerprint density at radius 2 is 1.95 bits per heavy atom. The SMILES string of the molecule is ClCCc1nc2ccc(Br)cc2n1CC(C1CC1)C1CC1. The van der Waals surface area contributed by atoms with Gasteiger partial charge in [-0.3, -0.25) is 0 Å². The van der Waals surface area contributed by atoms with Crippen LogP contribution in [0.1, 0.15) is 31.5 Å². The molecule has 0 spiro atoms. The molecule has 0 radical (unpaired) electrons. The summed E-state index contributed by atoms with van der Waals surface area (Å²) in [6, 6.07) is 6.39. The Labute approximate surface area is 139 Å². The molecule has 2 aliphatic carbocycles. The van der Waals surface area contributed by atoms with E-state index >= 15 is 0 Å². The number of alkyl halides is 1. The van der Waals surface area contributed by atoms with Crippen molar-refractivity contribution in [2.75, 3.05) is 5.88 Å². The molecule has 1 aromatic carbocycles. The van der Waals surface area contributed by atoms with Gasteiger partial charge in [0.15, 0.2) is 0 Å². The first kappa shape index (κ1) is 14.1. The van der Waals surface area contributed by atoms with E-state index in [1.807, 2.05) is 0 Å². The Hall–Kier alpha value is -0.540. The van der Waals surface area contributed by atoms with Crippen molar-refractivity contribution in [3.05, 3.63) is 28.5 Å². The van der Waals surface area contributed by atoms with Gasteiger partial charge < -0.3 is 4.57 Å². The molecule has 1 heterocycles. The quantitative estimate of drug-likeness (QED) is 0.656. The van der Waals surface area contributed by atoms with Crippen molar-refractivity contribution in [1.29, 1.82) is 0 Å². The predicted molar refractivity (Wildman–Crippen MR) is 90.8 cm³/mol. The summed E-state index contributed by atoms with van der Waals surface area (Å²) in [5.41, 5.74) is 2.36. The minimum Gasteiger partial charge on any atom is -0.328 e. The smallest absolute Gasteiger partial charge is 0.111 e. The topological polar surface area (TPSA) is 17.8 Å². The van der Waals surface area contributed by atoms with Gasteiger partial charge in [-0.25, -0.2) is 4.98 Å². The maximum atomic E-state index is 5.99. The molecule has 2 fully saturated rings. The van der Waals surface area contributed by atoms with Crippen LogP contribution in [0, 0.1) is 17.8 Å². The average Bonchev–Trinajstić information content (AvgIpc) is 3.35. The monoisotopic (exact) mass is 366 g/mol. The normalized spacial score (nSPS) is 18.8. The molecule has 1 aromatic heterocycles. The maximum absolute atomic E-state index is 5.99. The molecule has 4 heteroatoms. The van der Waals surface area contributed by atoms with Crippen LogP contribution in [0.2, 0.25) is 0 Å². The van der Waals surface area contributed by atoms with Gasteiger partial charge in [-0.2, -0.15) is 0 Å². The van der Waals surface area contributed by atoms with E-state index in [-0.39, 0.29) is 0 Å². The number of fused-ring (bicyclic) bond motifs is 1. The van der Waals surface area contributed by atoms with E-state index in [0.29, 0.717) is 5.88 Å². The molecule has 0 N–H and O–H groups in total. The molecular formula is C17H20BrClN2. The maximum Gasteiger partial charge on any atom is 0.111 e. The zero-order chi connectivity index (χ0) is 14.4. The number of aromatic nitrogens is 2. The summed E-state index contributed by atoms with van der Waals surface area (Å²) in [6.45, 7) is 1.13. The number of nitrogens with zero attached hydrogens (tertiary/aromatic N) is 2. The summed E-state index contributed by atoms with van der Waals surface area (Å²) in [5.74, 6) is 4.58. The fourth-order valence-electron chi connectivity index (χ4n) is 3.57. The largest absolute Gasteiger partial charge is 0.328 e. The summed E-state index contributed by atoms with van der Waals surface area (Å²) in [7, 11) is 0. The third-order valence-corrected chi connectivity index (χ3v) is 5.64. The van der Waals surface area contributed by atoms with Crippen LogP contribution in [0.5, 0.6) is 0 Å². The minimum atomic E-state index is 0.641. The Morgan fingerprint density at radius 1 is 1.24 bits per heavy atom. The Morgan fingerprint density at radius 3 is 2.57 bits per heavy atom. The van der Waals surface area contributed by atoms with Gasteiger partial charge in [0.2, 0.25) is 0 Å². The first-order chi connectivity index (χ1) is 10.3. The highest BCUT2D eigenvalue weighted by Gasteiger charge is 2.41. The van der Waals surface area contributed by atoms with E-state index in [0.717, 1.165) is 46.5 Å². The second-order valence-electron chi connectivity index (χ2n) is 6.55. The third-order valence-electron chi connectivity index (χ3n) is 4.96. The summed E-state index contributed by atoms with van der Waals surface area (Å²) >= 11 is 9.59. The number of imidazole rings is 1. The molecule has 112 valence electrons. The fourth-order valence-corrected chi connectivity index (χ4v) is 4.09. The highest BCUT2D eigenvalue weighted by Crippen LogP contribution is 2.50. The van der Waals surface area contributed by atoms with Crippen molar-refractivity contribution >= 4 is 38.6 Å². The molecular weight excluding hydrogens is 348 g/mol. The van der Waals surface area contributed by atoms with Crippen molar-refractivity contribution in [1.82, 2.24) is 9.55 Å². The molecule has 0 amide bonds. The van der Waals surface area contributed by atoms with E-state index in [2.05, 4.69) is 38.7 Å². The van der Waals surface area contributed by atoms with Gasteiger partial charge in [-0.1, -0.05) is 15.9 Å². The number of aryl methyl sites for hydroxylation is 1. The number of rotatable bonds is 6. The van der Waals surface area contributed by atoms with Gasteiger partial charge in [0.05, 0.1) is 11.0 Å². The first-order valence-corrected chi connectivity index (χ1v) is 9.29. The summed E-state index contributed by atoms with van der Waals surface area (Å²) in [5, 5.41) is 0. The predicted octanol–water partition coefficient (Wildman–Crippen LogP) is 5.02. The minimum absolute atomic E-state index is 0.641. The van der Waals surface area contributed by atoms with Crippen LogP contribution in [-0.2, 0) is 13.0 Å². The van der Waals surface area contributed by atoms with E-state index in [1.54, 1.807) is 0 Å². The lowest BCUT2D eigenvalue weighted by Gasteiger charge is -2.18. The van der Waals surface area contributed by atoms with Crippen molar-refractivity contribution in [2.24, 2.45) is 17.8 Å². The van der Waals surface area contributed by atoms with Crippen molar-refractivity contribution in [3.8, 4) is 0 Å². The Bertz CT molecular complexity index is 646. The van der Waals surface area contributed by atoms with E-state index in [1.165, 1.54) is 31.2 Å². The highest BCUT2D eigenvalue weighted by atomic mass is 79.9. The molecule has 21 heavy (non-hydrogen) atoms. The van der Waals surface area contributed by atoms with E-state index in [4.69, 9.17) is 16.6 Å². The van der Waals surface area contributed by atoms with Crippen LogP contribution in [0.4, 0.5) is 0 Å². The highest BCUT2D eigenvalue weighted by molar-refractivity contribution is 9.10. The van der Waals surface area contributed by atoms with Crippen LogP contribution in [0.25, 0.3) is 11.0 Å². The lowest BCUT2D eigenvalue weighted by molar-refractivity contribution is 0.349. The number of hydrogen-bond donors (Lipinski definition) is 0. The lowest BCUT2D eigenvalue weighted by atomic mass is 9.97. The molecule has 0 aliphatic heterocycles. The molecule has 0 saturated heterocycles. The van der Waals surface area contributed by atoms with Crippen LogP contribution >= 0.6 is 27.5 Å². The zero-order valence-electron chi connectivity index (χ0n) is 12.1. The van der Waals surface area contributed by atoms with Crippen molar-refractivity contribution in [2.45, 2.75) is 38.6 Å². The lowest BCUT2D eigenvalue weighted by Crippen LogP contribution is -2.17. The summed E-state index contributed by atoms with van der Waals surface area (Å²) in [4.78, 5) is 4.81. The Kier molecular flexibility index (Phi) is 3.74. The standard InChI is InChI=1S/C17H20BrClN2/c18-13-5-6-15-16(9-13)21(17(20-15)7-8-19)10-14(11-1-2-11)12-3-4-12/h5-6,9,11-12,14H,1-4,7-8,10H2. The van der Waals surface area contributed by atoms with E-state index in [9.17, 15) is 0 Å². The molecule has 2 saturated carbocycles. The van der Waals surface area contributed by atoms with Gasteiger partial charge in [-0.05, 0) is 61.6 Å². The number of benzene rings is 1. The van der Waals surface area contributed by atoms with Gasteiger partial charge in [0.1, 0.15) is 5.82 Å². The van der Waals surface area contributed by atoms with Gasteiger partial charge in [0.25, 0.3) is 0 Å². The molecule has 0 unspecified atom stereocenters. The van der Waals surface area contributed by atoms with Gasteiger partial charge in [0, 0.05) is 23.3 Å². The van der Waals surface area contributed by atoms with Crippen molar-refractivity contribution < 1.29 is 0 Å². The molecule has 2 nitrogen and oxygen atoms in total. The molecule has 2 aromatic rings. The van der Waals surface area contributed by atoms with Crippen LogP contribution < -0.4 is 0 Å². The third kappa shape index (κ3) is 2.87. The zero-order valence-corrected chi connectivity index (χ0v) is 14.4. The molecule has 2 aliphatic rings. The van der Waals surface area contributed by atoms with Crippen molar-refractivity contribution in [3.63, 3.8) is 0 Å². The second kappa shape index (κ2) is 5.58. The second-order valence-corrected chi connectivity index (χ2v) is 7.84. The fraction of sp³-hybridized carbons (Fsp3) is 0.588. The average molecular weight is 368 g/mol. The number of hydrogen-bond acceptors (Lipinski definition) is 1. The molecule has 4 rings (SSSR count). The van der Waals surface area contributed by atoms with Gasteiger partial charge >= 0.3 is 0 Å². The van der Waals surface area contributed by atoms with E-state index < -0.39 is 0 Å². The van der Waals surface area contributed by atoms with Crippen LogP contribution in [0.3, 0.4) is 0 Å². The van der Waals surface area contributed by atoms with Gasteiger partial charge in [-0.15, -0.1) is 11.6 Å². The van der Waals surface area contributed by atoms with Crippen LogP contribution in [-0.4, -0.2) is 15.4 Å². The molecule has 0 atom stereocenters. The number of halogens is 2. The summed E-state index contributed by atoms with van der Waals surface area (Å²) < 4.78 is 3.58. The summed E-state index contributed by atoms with van der Waals surface area (Å²) in [6.07, 6.45) is 6.59. The molecule has 0 bridgehead atoms. The first-order valence-electron chi connectivity index (χ1n) is 7.97.